The average Bonchev–Trinajstić information content (AvgIpc) is 2.44. The first-order chi connectivity index (χ1) is 9.90. The maximum absolute atomic E-state index is 12.3. The molecule has 0 heterocycles. The van der Waals surface area contributed by atoms with Crippen LogP contribution < -0.4 is 14.8 Å². The molecular formula is C14H25N3O3S. The van der Waals surface area contributed by atoms with Gasteiger partial charge in [-0.1, -0.05) is 13.0 Å². The number of likely N-dealkylation sites (N-methyl/N-ethyl adjacent to an activating group) is 1. The van der Waals surface area contributed by atoms with Crippen molar-refractivity contribution in [2.45, 2.75) is 18.4 Å². The molecule has 0 aliphatic rings. The van der Waals surface area contributed by atoms with Crippen LogP contribution in [0.5, 0.6) is 5.75 Å². The summed E-state index contributed by atoms with van der Waals surface area (Å²) >= 11 is 0. The van der Waals surface area contributed by atoms with Gasteiger partial charge in [0.15, 0.2) is 0 Å². The van der Waals surface area contributed by atoms with E-state index < -0.39 is 10.0 Å². The van der Waals surface area contributed by atoms with E-state index in [1.807, 2.05) is 25.9 Å². The number of rotatable bonds is 9. The van der Waals surface area contributed by atoms with E-state index in [9.17, 15) is 8.42 Å². The molecule has 1 aromatic carbocycles. The highest BCUT2D eigenvalue weighted by Gasteiger charge is 2.19. The Morgan fingerprint density at radius 3 is 2.57 bits per heavy atom. The van der Waals surface area contributed by atoms with Gasteiger partial charge in [0.2, 0.25) is 10.0 Å². The van der Waals surface area contributed by atoms with Crippen molar-refractivity contribution in [3.05, 3.63) is 23.8 Å². The highest BCUT2D eigenvalue weighted by atomic mass is 32.2. The summed E-state index contributed by atoms with van der Waals surface area (Å²) in [6.45, 7) is 4.55. The van der Waals surface area contributed by atoms with Gasteiger partial charge in [-0.15, -0.1) is 0 Å². The quantitative estimate of drug-likeness (QED) is 0.700. The van der Waals surface area contributed by atoms with E-state index in [1.165, 1.54) is 7.11 Å². The van der Waals surface area contributed by atoms with Crippen molar-refractivity contribution in [1.29, 1.82) is 0 Å². The molecule has 0 atom stereocenters. The Hall–Kier alpha value is -1.15. The van der Waals surface area contributed by atoms with Crippen LogP contribution in [0.3, 0.4) is 0 Å². The number of nitrogens with zero attached hydrogens (tertiary/aromatic N) is 1. The third-order valence-electron chi connectivity index (χ3n) is 2.95. The Morgan fingerprint density at radius 1 is 1.29 bits per heavy atom. The van der Waals surface area contributed by atoms with Gasteiger partial charge >= 0.3 is 0 Å². The fourth-order valence-electron chi connectivity index (χ4n) is 1.79. The van der Waals surface area contributed by atoms with Crippen molar-refractivity contribution < 1.29 is 13.2 Å². The minimum atomic E-state index is -3.56. The third-order valence-corrected chi connectivity index (χ3v) is 4.45. The molecule has 120 valence electrons. The summed E-state index contributed by atoms with van der Waals surface area (Å²) in [5, 5.41) is 3.19. The van der Waals surface area contributed by atoms with E-state index >= 15 is 0 Å². The molecule has 0 amide bonds. The van der Waals surface area contributed by atoms with Crippen molar-refractivity contribution in [1.82, 2.24) is 14.9 Å². The van der Waals surface area contributed by atoms with Crippen LogP contribution in [-0.4, -0.2) is 54.2 Å². The number of sulfonamides is 1. The number of nitrogens with one attached hydrogen (secondary N) is 2. The molecular weight excluding hydrogens is 290 g/mol. The SMILES string of the molecule is CCNCc1ccc(S(=O)(=O)NCCN(C)C)c(OC)c1. The summed E-state index contributed by atoms with van der Waals surface area (Å²) in [5.41, 5.74) is 0.987. The summed E-state index contributed by atoms with van der Waals surface area (Å²) in [7, 11) is 1.71. The Morgan fingerprint density at radius 2 is 2.00 bits per heavy atom. The fourth-order valence-corrected chi connectivity index (χ4v) is 2.96. The molecule has 0 radical (unpaired) electrons. The average molecular weight is 315 g/mol. The van der Waals surface area contributed by atoms with Gasteiger partial charge in [0, 0.05) is 19.6 Å². The Bertz CT molecular complexity index is 544. The monoisotopic (exact) mass is 315 g/mol. The van der Waals surface area contributed by atoms with Crippen LogP contribution >= 0.6 is 0 Å². The Labute approximate surface area is 127 Å². The second-order valence-electron chi connectivity index (χ2n) is 4.97. The summed E-state index contributed by atoms with van der Waals surface area (Å²) in [4.78, 5) is 2.09. The van der Waals surface area contributed by atoms with Crippen LogP contribution in [0, 0.1) is 0 Å². The summed E-state index contributed by atoms with van der Waals surface area (Å²) in [6, 6.07) is 5.14. The van der Waals surface area contributed by atoms with E-state index in [0.29, 0.717) is 25.4 Å². The molecule has 7 heteroatoms. The zero-order valence-electron chi connectivity index (χ0n) is 13.1. The lowest BCUT2D eigenvalue weighted by Gasteiger charge is -2.14. The maximum Gasteiger partial charge on any atom is 0.244 e. The molecule has 21 heavy (non-hydrogen) atoms. The van der Waals surface area contributed by atoms with Crippen LogP contribution in [0.2, 0.25) is 0 Å². The lowest BCUT2D eigenvalue weighted by molar-refractivity contribution is 0.399. The number of hydrogen-bond acceptors (Lipinski definition) is 5. The molecule has 2 N–H and O–H groups in total. The van der Waals surface area contributed by atoms with Gasteiger partial charge in [-0.25, -0.2) is 13.1 Å². The van der Waals surface area contributed by atoms with Gasteiger partial charge in [0.05, 0.1) is 7.11 Å². The zero-order valence-corrected chi connectivity index (χ0v) is 14.0. The van der Waals surface area contributed by atoms with Crippen LogP contribution in [-0.2, 0) is 16.6 Å². The first-order valence-corrected chi connectivity index (χ1v) is 8.41. The van der Waals surface area contributed by atoms with Gasteiger partial charge in [0.1, 0.15) is 10.6 Å². The number of hydrogen-bond donors (Lipinski definition) is 2. The lowest BCUT2D eigenvalue weighted by atomic mass is 10.2. The second kappa shape index (κ2) is 8.33. The van der Waals surface area contributed by atoms with E-state index in [2.05, 4.69) is 10.0 Å². The van der Waals surface area contributed by atoms with Crippen molar-refractivity contribution in [2.24, 2.45) is 0 Å². The van der Waals surface area contributed by atoms with Crippen molar-refractivity contribution in [3.63, 3.8) is 0 Å². The summed E-state index contributed by atoms with van der Waals surface area (Å²) in [6.07, 6.45) is 0. The minimum absolute atomic E-state index is 0.170. The molecule has 0 bridgehead atoms. The molecule has 0 aromatic heterocycles. The number of benzene rings is 1. The molecule has 0 spiro atoms. The van der Waals surface area contributed by atoms with Gasteiger partial charge in [-0.2, -0.15) is 0 Å². The zero-order chi connectivity index (χ0) is 15.9. The van der Waals surface area contributed by atoms with Crippen molar-refractivity contribution >= 4 is 10.0 Å². The minimum Gasteiger partial charge on any atom is -0.495 e. The standard InChI is InChI=1S/C14H25N3O3S/c1-5-15-11-12-6-7-14(13(10-12)20-4)21(18,19)16-8-9-17(2)3/h6-7,10,15-16H,5,8-9,11H2,1-4H3. The fraction of sp³-hybridized carbons (Fsp3) is 0.571. The largest absolute Gasteiger partial charge is 0.495 e. The molecule has 0 fully saturated rings. The highest BCUT2D eigenvalue weighted by Crippen LogP contribution is 2.24. The summed E-state index contributed by atoms with van der Waals surface area (Å²) in [5.74, 6) is 0.364. The molecule has 0 saturated carbocycles. The van der Waals surface area contributed by atoms with Crippen LogP contribution in [0.4, 0.5) is 0 Å². The van der Waals surface area contributed by atoms with E-state index in [0.717, 1.165) is 12.1 Å². The van der Waals surface area contributed by atoms with Gasteiger partial charge < -0.3 is 15.0 Å². The first-order valence-electron chi connectivity index (χ1n) is 6.92. The van der Waals surface area contributed by atoms with Crippen LogP contribution in [0.1, 0.15) is 12.5 Å². The third kappa shape index (κ3) is 5.62. The van der Waals surface area contributed by atoms with Gasteiger partial charge in [-0.3, -0.25) is 0 Å². The van der Waals surface area contributed by atoms with Crippen LogP contribution in [0.15, 0.2) is 23.1 Å². The van der Waals surface area contributed by atoms with Gasteiger partial charge in [-0.05, 0) is 38.3 Å². The number of methoxy groups -OCH3 is 1. The first kappa shape index (κ1) is 17.9. The smallest absolute Gasteiger partial charge is 0.244 e. The lowest BCUT2D eigenvalue weighted by Crippen LogP contribution is -2.31. The highest BCUT2D eigenvalue weighted by molar-refractivity contribution is 7.89. The van der Waals surface area contributed by atoms with E-state index in [-0.39, 0.29) is 4.90 Å². The molecule has 1 aromatic rings. The molecule has 0 aliphatic heterocycles. The number of ether oxygens (including phenoxy) is 1. The topological polar surface area (TPSA) is 70.7 Å². The Balaban J connectivity index is 2.90. The van der Waals surface area contributed by atoms with Gasteiger partial charge in [0.25, 0.3) is 0 Å². The summed E-state index contributed by atoms with van der Waals surface area (Å²) < 4.78 is 32.4. The normalized spacial score (nSPS) is 11.9. The van der Waals surface area contributed by atoms with Crippen molar-refractivity contribution in [3.8, 4) is 5.75 Å². The molecule has 0 saturated heterocycles. The second-order valence-corrected chi connectivity index (χ2v) is 6.70. The molecule has 6 nitrogen and oxygen atoms in total. The molecule has 1 rings (SSSR count). The predicted molar refractivity (Wildman–Crippen MR) is 84.1 cm³/mol. The van der Waals surface area contributed by atoms with Crippen LogP contribution in [0.25, 0.3) is 0 Å². The van der Waals surface area contributed by atoms with E-state index in [1.54, 1.807) is 18.2 Å². The maximum atomic E-state index is 12.3. The van der Waals surface area contributed by atoms with Crippen molar-refractivity contribution in [2.75, 3.05) is 40.8 Å². The van der Waals surface area contributed by atoms with E-state index in [4.69, 9.17) is 4.74 Å². The molecule has 0 aliphatic carbocycles. The Kier molecular flexibility index (Phi) is 7.10. The predicted octanol–water partition coefficient (Wildman–Crippen LogP) is 0.645. The molecule has 0 unspecified atom stereocenters.